The summed E-state index contributed by atoms with van der Waals surface area (Å²) in [7, 11) is -3.39. The summed E-state index contributed by atoms with van der Waals surface area (Å²) >= 11 is 0. The van der Waals surface area contributed by atoms with E-state index in [2.05, 4.69) is 70.4 Å². The predicted molar refractivity (Wildman–Crippen MR) is 459 cm³/mol. The molecular weight excluding hydrogens is 1470 g/mol. The highest BCUT2D eigenvalue weighted by Gasteiger charge is 2.43. The number of nitrogens with zero attached hydrogens (tertiary/aromatic N) is 5. The molecule has 6 heterocycles. The Kier molecular flexibility index (Phi) is 29.6. The number of nitrogens with one attached hydrogen (secondary N) is 1. The van der Waals surface area contributed by atoms with Crippen LogP contribution in [0, 0.1) is 0 Å². The van der Waals surface area contributed by atoms with E-state index in [0.29, 0.717) is 99.8 Å². The second kappa shape index (κ2) is 38.0. The molecule has 23 heteroatoms. The molecule has 6 aliphatic heterocycles. The highest BCUT2D eigenvalue weighted by Crippen LogP contribution is 2.48. The molecule has 3 fully saturated rings. The van der Waals surface area contributed by atoms with Crippen molar-refractivity contribution in [1.82, 2.24) is 29.8 Å². The number of carbonyl (C=O) groups is 5. The van der Waals surface area contributed by atoms with E-state index in [1.54, 1.807) is 69.3 Å². The van der Waals surface area contributed by atoms with Crippen LogP contribution in [0.15, 0.2) is 146 Å². The maximum absolute atomic E-state index is 12.8. The summed E-state index contributed by atoms with van der Waals surface area (Å²) < 4.78 is 37.3. The second-order valence-electron chi connectivity index (χ2n) is 34.2. The third-order valence-electron chi connectivity index (χ3n) is 22.4. The number of fused-ring (bicyclic) bond motifs is 3. The first-order valence-electron chi connectivity index (χ1n) is 41.2. The molecule has 12 rings (SSSR count). The van der Waals surface area contributed by atoms with Gasteiger partial charge in [0.1, 0.15) is 62.5 Å². The average molecular weight is 1590 g/mol. The molecule has 3 unspecified atom stereocenters. The topological polar surface area (TPSA) is 250 Å². The molecule has 115 heavy (non-hydrogen) atoms. The first-order chi connectivity index (χ1) is 54.3. The van der Waals surface area contributed by atoms with E-state index in [4.69, 9.17) is 38.2 Å². The van der Waals surface area contributed by atoms with Gasteiger partial charge in [0.15, 0.2) is 0 Å². The Bertz CT molecular complexity index is 4450. The van der Waals surface area contributed by atoms with Gasteiger partial charge in [-0.1, -0.05) is 57.2 Å². The smallest absolute Gasteiger partial charge is 0.488 e. The van der Waals surface area contributed by atoms with Gasteiger partial charge in [-0.05, 0) is 302 Å². The number of hydrogen-bond donors (Lipinski definition) is 5. The zero-order valence-electron chi connectivity index (χ0n) is 71.3. The largest absolute Gasteiger partial charge is 0.543 e. The Morgan fingerprint density at radius 3 is 1.23 bits per heavy atom. The lowest BCUT2D eigenvalue weighted by Gasteiger charge is -2.38. The summed E-state index contributed by atoms with van der Waals surface area (Å²) in [5, 5.41) is 41.8. The average Bonchev–Trinajstić information content (AvgIpc) is 1.60. The molecule has 21 nitrogen and oxygen atoms in total. The zero-order chi connectivity index (χ0) is 84.0. The summed E-state index contributed by atoms with van der Waals surface area (Å²) in [4.78, 5) is 71.6. The number of amides is 5. The number of phenols is 2. The molecule has 5 N–H and O–H groups in total. The Morgan fingerprint density at radius 1 is 0.470 bits per heavy atom. The van der Waals surface area contributed by atoms with Crippen molar-refractivity contribution in [3.63, 3.8) is 0 Å². The van der Waals surface area contributed by atoms with Crippen LogP contribution in [0.5, 0.6) is 34.5 Å². The molecule has 6 aromatic rings. The standard InChI is InChI=1S/C30H38N2O5.C26H41NO4Si.C25H30N2O3.C11H16BNO3/c1-6-31(7-2)27(34)22-11-9-21(10-12-22)25-20-30(36-26-14-13-23(33)19-24(25)26)15-8-17-32(18-16-30)28(35)37-29(3,4)5;1-19-18-26(13-10-15-27(16-14-26)23(28)30-24(2,3)4)29-22-12-11-20(17-21(19)22)31-32(8,9)25(5,6)7;1-3-27(4-2)24(29)19-8-6-18(7-9-19)22-17-25(12-5-14-26-15-13-25)30-23-11-10-20(28)16-21(22)23;1-3-13(4-2)11(14)9-5-7-10(8-6-9)12(15)16/h9-14,19-20,33H,6-8,15-18H2,1-5H3;11-12,17-18H,10,13-16H2,1-9H3;6-11,16-17,26,28H,3-5,12-15H2,1-2H3;5-8,15-16H,3-4H2,1-2H3. The van der Waals surface area contributed by atoms with E-state index >= 15 is 0 Å². The first-order valence-corrected chi connectivity index (χ1v) is 44.1. The number of allylic oxidation sites excluding steroid dienone is 1. The van der Waals surface area contributed by atoms with Crippen molar-refractivity contribution < 1.29 is 72.3 Å². The lowest BCUT2D eigenvalue weighted by molar-refractivity contribution is 0.0231. The van der Waals surface area contributed by atoms with Crippen LogP contribution < -0.4 is 29.4 Å². The fourth-order valence-electron chi connectivity index (χ4n) is 15.0. The third kappa shape index (κ3) is 23.0. The van der Waals surface area contributed by atoms with Gasteiger partial charge in [-0.15, -0.1) is 0 Å². The number of ether oxygens (including phenoxy) is 5. The summed E-state index contributed by atoms with van der Waals surface area (Å²) in [6.45, 7) is 44.9. The Morgan fingerprint density at radius 2 is 0.843 bits per heavy atom. The highest BCUT2D eigenvalue weighted by molar-refractivity contribution is 6.74. The van der Waals surface area contributed by atoms with Crippen LogP contribution >= 0.6 is 0 Å². The predicted octanol–water partition coefficient (Wildman–Crippen LogP) is 16.9. The quantitative estimate of drug-likeness (QED) is 0.0636. The first kappa shape index (κ1) is 89.4. The number of carbonyl (C=O) groups excluding carboxylic acids is 5. The van der Waals surface area contributed by atoms with E-state index < -0.39 is 32.2 Å². The monoisotopic (exact) mass is 1590 g/mol. The summed E-state index contributed by atoms with van der Waals surface area (Å²) in [6.07, 6.45) is 13.6. The van der Waals surface area contributed by atoms with Crippen molar-refractivity contribution in [3.05, 3.63) is 190 Å². The van der Waals surface area contributed by atoms with Crippen molar-refractivity contribution in [2.24, 2.45) is 0 Å². The van der Waals surface area contributed by atoms with Gasteiger partial charge in [-0.2, -0.15) is 0 Å². The number of rotatable bonds is 14. The maximum Gasteiger partial charge on any atom is 0.488 e. The SMILES string of the molecule is CC1=CC2(CCCN(C(=O)OC(C)(C)C)CC2)Oc2ccc(O[Si](C)(C)C(C)(C)C)cc21.CCN(CC)C(=O)c1ccc(B(O)O)cc1.CCN(CC)C(=O)c1ccc(C2=CC3(CCCN(C(=O)OC(C)(C)C)CC3)Oc3ccc(O)cc32)cc1.CCN(CC)C(=O)c1ccc(C2=CC3(CCCNCC3)Oc3ccc(O)cc32)cc1. The molecule has 3 saturated heterocycles. The third-order valence-corrected chi connectivity index (χ3v) is 26.8. The molecular formula is C92H125BN6O15Si. The summed E-state index contributed by atoms with van der Waals surface area (Å²) in [5.41, 5.74) is 7.91. The fourth-order valence-corrected chi connectivity index (χ4v) is 16.0. The molecule has 3 atom stereocenters. The van der Waals surface area contributed by atoms with Crippen molar-refractivity contribution in [2.75, 3.05) is 78.5 Å². The molecule has 6 aromatic carbocycles. The highest BCUT2D eigenvalue weighted by atomic mass is 28.4. The molecule has 5 amide bonds. The van der Waals surface area contributed by atoms with Crippen LogP contribution in [0.25, 0.3) is 16.7 Å². The van der Waals surface area contributed by atoms with Gasteiger partial charge in [-0.25, -0.2) is 9.59 Å². The Balaban J connectivity index is 0.000000181. The van der Waals surface area contributed by atoms with Crippen molar-refractivity contribution in [3.8, 4) is 34.5 Å². The van der Waals surface area contributed by atoms with E-state index in [0.717, 1.165) is 121 Å². The molecule has 0 aliphatic carbocycles. The lowest BCUT2D eigenvalue weighted by atomic mass is 9.80. The molecule has 620 valence electrons. The van der Waals surface area contributed by atoms with Crippen molar-refractivity contribution >= 4 is 67.5 Å². The number of benzene rings is 6. The van der Waals surface area contributed by atoms with Crippen LogP contribution in [-0.2, 0) is 9.47 Å². The van der Waals surface area contributed by atoms with Gasteiger partial charge in [-0.3, -0.25) is 14.4 Å². The van der Waals surface area contributed by atoms with Gasteiger partial charge in [0.25, 0.3) is 17.7 Å². The molecule has 3 spiro atoms. The Labute approximate surface area is 683 Å². The van der Waals surface area contributed by atoms with Crippen LogP contribution in [0.3, 0.4) is 0 Å². The molecule has 0 radical (unpaired) electrons. The van der Waals surface area contributed by atoms with E-state index in [1.165, 1.54) is 5.57 Å². The van der Waals surface area contributed by atoms with E-state index in [9.17, 15) is 34.2 Å². The zero-order valence-corrected chi connectivity index (χ0v) is 72.3. The number of likely N-dealkylation sites (tertiary alicyclic amines) is 2. The fraction of sp³-hybridized carbons (Fsp3) is 0.489. The van der Waals surface area contributed by atoms with Crippen LogP contribution in [0.4, 0.5) is 9.59 Å². The number of phenolic OH excluding ortho intramolecular Hbond substituents is 2. The van der Waals surface area contributed by atoms with E-state index in [1.807, 2.05) is 160 Å². The van der Waals surface area contributed by atoms with Crippen molar-refractivity contribution in [2.45, 2.75) is 215 Å². The van der Waals surface area contributed by atoms with Gasteiger partial charge < -0.3 is 78.2 Å². The minimum Gasteiger partial charge on any atom is -0.543 e. The maximum atomic E-state index is 12.8. The lowest BCUT2D eigenvalue weighted by Crippen LogP contribution is -2.44. The Hall–Kier alpha value is -9.55. The van der Waals surface area contributed by atoms with Crippen molar-refractivity contribution in [1.29, 1.82) is 0 Å². The van der Waals surface area contributed by atoms with Crippen LogP contribution in [0.1, 0.15) is 227 Å². The van der Waals surface area contributed by atoms with Gasteiger partial charge in [0, 0.05) is 118 Å². The van der Waals surface area contributed by atoms with Gasteiger partial charge >= 0.3 is 19.3 Å². The second-order valence-corrected chi connectivity index (χ2v) is 38.9. The normalized spacial score (nSPS) is 19.1. The molecule has 6 aliphatic rings. The molecule has 0 aromatic heterocycles. The minimum atomic E-state index is -1.90. The van der Waals surface area contributed by atoms with Gasteiger partial charge in [0.05, 0.1) is 0 Å². The van der Waals surface area contributed by atoms with E-state index in [-0.39, 0.29) is 57.6 Å². The van der Waals surface area contributed by atoms with Crippen LogP contribution in [-0.4, -0.2) is 197 Å². The molecule has 0 bridgehead atoms. The number of aromatic hydroxyl groups is 2. The van der Waals surface area contributed by atoms with Gasteiger partial charge in [0.2, 0.25) is 8.32 Å². The number of hydrogen-bond acceptors (Lipinski definition) is 16. The minimum absolute atomic E-state index is 0.0121. The summed E-state index contributed by atoms with van der Waals surface area (Å²) in [5.74, 6) is 3.72. The van der Waals surface area contributed by atoms with Crippen LogP contribution in [0.2, 0.25) is 18.1 Å². The molecule has 0 saturated carbocycles. The summed E-state index contributed by atoms with van der Waals surface area (Å²) in [6, 6.07) is 38.4.